The van der Waals surface area contributed by atoms with Crippen molar-refractivity contribution in [2.24, 2.45) is 5.92 Å². The lowest BCUT2D eigenvalue weighted by atomic mass is 9.98. The minimum Gasteiger partial charge on any atom is -0.337 e. The van der Waals surface area contributed by atoms with Crippen molar-refractivity contribution in [3.8, 4) is 0 Å². The summed E-state index contributed by atoms with van der Waals surface area (Å²) in [5.41, 5.74) is 1.03. The van der Waals surface area contributed by atoms with Crippen LogP contribution in [0.3, 0.4) is 0 Å². The van der Waals surface area contributed by atoms with E-state index in [0.29, 0.717) is 11.1 Å². The van der Waals surface area contributed by atoms with Gasteiger partial charge in [-0.05, 0) is 52.5 Å². The molecule has 0 saturated carbocycles. The van der Waals surface area contributed by atoms with Crippen LogP contribution in [0.5, 0.6) is 0 Å². The normalized spacial score (nSPS) is 12.9. The molecule has 0 spiro atoms. The van der Waals surface area contributed by atoms with Gasteiger partial charge in [0.05, 0.1) is 11.1 Å². The van der Waals surface area contributed by atoms with Gasteiger partial charge >= 0.3 is 0 Å². The van der Waals surface area contributed by atoms with Crippen LogP contribution in [0.25, 0.3) is 10.2 Å². The predicted octanol–water partition coefficient (Wildman–Crippen LogP) is 4.62. The van der Waals surface area contributed by atoms with E-state index in [0.717, 1.165) is 33.5 Å². The molecule has 2 aromatic rings. The SMILES string of the molecule is CC[C@H](C)Cc1c(C)sc2nc(SCC(=O)N(C(C)C)C(C)C)[nH]c(=O)c12. The molecule has 1 N–H and O–H groups in total. The van der Waals surface area contributed by atoms with Crippen molar-refractivity contribution < 1.29 is 4.79 Å². The molecule has 0 aromatic carbocycles. The van der Waals surface area contributed by atoms with Gasteiger partial charge in [0.15, 0.2) is 5.16 Å². The lowest BCUT2D eigenvalue weighted by Crippen LogP contribution is -2.43. The Kier molecular flexibility index (Phi) is 7.51. The number of nitrogens with one attached hydrogen (secondary N) is 1. The second kappa shape index (κ2) is 9.24. The number of hydrogen-bond donors (Lipinski definition) is 1. The number of hydrogen-bond acceptors (Lipinski definition) is 5. The van der Waals surface area contributed by atoms with Crippen molar-refractivity contribution in [3.63, 3.8) is 0 Å². The molecule has 0 aliphatic heterocycles. The Morgan fingerprint density at radius 1 is 1.22 bits per heavy atom. The molecular formula is C20H31N3O2S2. The standard InChI is InChI=1S/C20H31N3O2S2/c1-8-13(6)9-15-14(7)27-19-17(15)18(25)21-20(22-19)26-10-16(24)23(11(2)3)12(4)5/h11-13H,8-10H2,1-7H3,(H,21,22,25)/t13-/m0/s1. The number of aromatic amines is 1. The molecule has 7 heteroatoms. The average molecular weight is 410 g/mol. The summed E-state index contributed by atoms with van der Waals surface area (Å²) in [5.74, 6) is 0.868. The van der Waals surface area contributed by atoms with Crippen LogP contribution >= 0.6 is 23.1 Å². The molecule has 5 nitrogen and oxygen atoms in total. The van der Waals surface area contributed by atoms with Crippen LogP contribution < -0.4 is 5.56 Å². The van der Waals surface area contributed by atoms with E-state index in [9.17, 15) is 9.59 Å². The first-order chi connectivity index (χ1) is 12.6. The minimum atomic E-state index is -0.0952. The molecule has 0 aliphatic carbocycles. The molecule has 0 aliphatic rings. The Bertz CT molecular complexity index is 847. The number of rotatable bonds is 8. The van der Waals surface area contributed by atoms with E-state index in [1.165, 1.54) is 11.8 Å². The van der Waals surface area contributed by atoms with Crippen LogP contribution in [0.4, 0.5) is 0 Å². The van der Waals surface area contributed by atoms with Gasteiger partial charge in [0.25, 0.3) is 5.56 Å². The van der Waals surface area contributed by atoms with E-state index in [-0.39, 0.29) is 29.3 Å². The first-order valence-corrected chi connectivity index (χ1v) is 11.4. The smallest absolute Gasteiger partial charge is 0.260 e. The molecule has 2 aromatic heterocycles. The fraction of sp³-hybridized carbons (Fsp3) is 0.650. The number of fused-ring (bicyclic) bond motifs is 1. The van der Waals surface area contributed by atoms with Crippen molar-refractivity contribution in [1.82, 2.24) is 14.9 Å². The Balaban J connectivity index is 2.24. The first-order valence-electron chi connectivity index (χ1n) is 9.61. The van der Waals surface area contributed by atoms with Crippen molar-refractivity contribution >= 4 is 39.2 Å². The van der Waals surface area contributed by atoms with Gasteiger partial charge in [-0.2, -0.15) is 0 Å². The highest BCUT2D eigenvalue weighted by atomic mass is 32.2. The van der Waals surface area contributed by atoms with Crippen LogP contribution in [0.2, 0.25) is 0 Å². The van der Waals surface area contributed by atoms with Crippen molar-refractivity contribution in [2.45, 2.75) is 78.5 Å². The van der Waals surface area contributed by atoms with Gasteiger partial charge in [-0.25, -0.2) is 4.98 Å². The number of carbonyl (C=O) groups is 1. The molecule has 1 atom stereocenters. The topological polar surface area (TPSA) is 66.1 Å². The number of H-pyrrole nitrogens is 1. The zero-order valence-corrected chi connectivity index (χ0v) is 19.0. The Labute approximate surface area is 170 Å². The minimum absolute atomic E-state index is 0.0626. The number of aromatic nitrogens is 2. The summed E-state index contributed by atoms with van der Waals surface area (Å²) in [5, 5.41) is 1.24. The summed E-state index contributed by atoms with van der Waals surface area (Å²) in [4.78, 5) is 36.6. The lowest BCUT2D eigenvalue weighted by Gasteiger charge is -2.30. The molecule has 0 fully saturated rings. The summed E-state index contributed by atoms with van der Waals surface area (Å²) in [6.07, 6.45) is 1.98. The summed E-state index contributed by atoms with van der Waals surface area (Å²) in [7, 11) is 0. The maximum Gasteiger partial charge on any atom is 0.260 e. The zero-order chi connectivity index (χ0) is 20.3. The molecular weight excluding hydrogens is 378 g/mol. The molecule has 0 unspecified atom stereocenters. The van der Waals surface area contributed by atoms with E-state index in [2.05, 4.69) is 30.7 Å². The molecule has 0 bridgehead atoms. The fourth-order valence-electron chi connectivity index (χ4n) is 3.34. The van der Waals surface area contributed by atoms with E-state index in [1.807, 2.05) is 32.6 Å². The largest absolute Gasteiger partial charge is 0.337 e. The molecule has 0 radical (unpaired) electrons. The number of nitrogens with zero attached hydrogens (tertiary/aromatic N) is 2. The zero-order valence-electron chi connectivity index (χ0n) is 17.4. The molecule has 150 valence electrons. The second-order valence-electron chi connectivity index (χ2n) is 7.68. The molecule has 1 amide bonds. The van der Waals surface area contributed by atoms with Gasteiger partial charge in [0.1, 0.15) is 4.83 Å². The van der Waals surface area contributed by atoms with E-state index in [1.54, 1.807) is 11.3 Å². The summed E-state index contributed by atoms with van der Waals surface area (Å²) in [6, 6.07) is 0.297. The van der Waals surface area contributed by atoms with E-state index >= 15 is 0 Å². The third-order valence-corrected chi connectivity index (χ3v) is 6.72. The number of aryl methyl sites for hydroxylation is 1. The van der Waals surface area contributed by atoms with Gasteiger partial charge in [-0.15, -0.1) is 11.3 Å². The molecule has 2 heterocycles. The summed E-state index contributed by atoms with van der Waals surface area (Å²) >= 11 is 2.87. The number of thiophene rings is 1. The van der Waals surface area contributed by atoms with E-state index in [4.69, 9.17) is 0 Å². The molecule has 2 rings (SSSR count). The highest BCUT2D eigenvalue weighted by molar-refractivity contribution is 7.99. The molecule has 0 saturated heterocycles. The number of amides is 1. The Hall–Kier alpha value is -1.34. The average Bonchev–Trinajstić information content (AvgIpc) is 2.88. The quantitative estimate of drug-likeness (QED) is 0.510. The first kappa shape index (κ1) is 22.0. The summed E-state index contributed by atoms with van der Waals surface area (Å²) < 4.78 is 0. The lowest BCUT2D eigenvalue weighted by molar-refractivity contribution is -0.131. The van der Waals surface area contributed by atoms with Crippen molar-refractivity contribution in [1.29, 1.82) is 0 Å². The van der Waals surface area contributed by atoms with Gasteiger partial charge in [0, 0.05) is 17.0 Å². The monoisotopic (exact) mass is 409 g/mol. The third-order valence-electron chi connectivity index (χ3n) is 4.82. The van der Waals surface area contributed by atoms with E-state index < -0.39 is 0 Å². The van der Waals surface area contributed by atoms with Crippen LogP contribution in [-0.2, 0) is 11.2 Å². The molecule has 27 heavy (non-hydrogen) atoms. The number of thioether (sulfide) groups is 1. The Morgan fingerprint density at radius 3 is 2.41 bits per heavy atom. The fourth-order valence-corrected chi connectivity index (χ4v) is 5.18. The van der Waals surface area contributed by atoms with Crippen LogP contribution in [0.15, 0.2) is 9.95 Å². The Morgan fingerprint density at radius 2 is 1.85 bits per heavy atom. The van der Waals surface area contributed by atoms with Crippen LogP contribution in [0.1, 0.15) is 58.4 Å². The predicted molar refractivity (Wildman–Crippen MR) is 116 cm³/mol. The maximum absolute atomic E-state index is 12.7. The third kappa shape index (κ3) is 5.13. The highest BCUT2D eigenvalue weighted by Gasteiger charge is 2.21. The second-order valence-corrected chi connectivity index (χ2v) is 9.85. The maximum atomic E-state index is 12.7. The summed E-state index contributed by atoms with van der Waals surface area (Å²) in [6.45, 7) is 14.5. The van der Waals surface area contributed by atoms with Crippen molar-refractivity contribution in [3.05, 3.63) is 20.8 Å². The van der Waals surface area contributed by atoms with Gasteiger partial charge in [0.2, 0.25) is 5.91 Å². The van der Waals surface area contributed by atoms with Gasteiger partial charge in [-0.1, -0.05) is 32.0 Å². The van der Waals surface area contributed by atoms with Gasteiger partial charge < -0.3 is 9.88 Å². The van der Waals surface area contributed by atoms with Crippen LogP contribution in [-0.4, -0.2) is 38.6 Å². The van der Waals surface area contributed by atoms with Gasteiger partial charge in [-0.3, -0.25) is 9.59 Å². The van der Waals surface area contributed by atoms with Crippen molar-refractivity contribution in [2.75, 3.05) is 5.75 Å². The highest BCUT2D eigenvalue weighted by Crippen LogP contribution is 2.30. The number of carbonyl (C=O) groups excluding carboxylic acids is 1. The van der Waals surface area contributed by atoms with Crippen LogP contribution in [0, 0.1) is 12.8 Å².